The topological polar surface area (TPSA) is 25.8 Å². The molecule has 9 aromatic carbocycles. The zero-order valence-electron chi connectivity index (χ0n) is 33.0. The third kappa shape index (κ3) is 5.87. The number of rotatable bonds is 6. The second-order valence-corrected chi connectivity index (χ2v) is 16.1. The Hall–Kier alpha value is -7.42. The molecule has 278 valence electrons. The van der Waals surface area contributed by atoms with Gasteiger partial charge in [0.2, 0.25) is 0 Å². The smallest absolute Gasteiger partial charge is 0.161 e. The molecule has 10 aromatic rings. The van der Waals surface area contributed by atoms with Gasteiger partial charge in [0.1, 0.15) is 0 Å². The zero-order chi connectivity index (χ0) is 39.5. The van der Waals surface area contributed by atoms with Gasteiger partial charge in [-0.15, -0.1) is 0 Å². The summed E-state index contributed by atoms with van der Waals surface area (Å²) in [6.07, 6.45) is 0. The molecule has 0 saturated heterocycles. The van der Waals surface area contributed by atoms with Crippen LogP contribution in [-0.2, 0) is 5.41 Å². The molecular formula is C57H40N2. The lowest BCUT2D eigenvalue weighted by atomic mass is 9.78. The SMILES string of the molecule is CC1(C)c2cc3ccccc3cc2-c2cccc(-c3ccc(-c4nc(-c5ccccc5)cc(-c5ccccc5-c5ccc(-c6ccccc6)cc5)n4)c4ccccc34)c21. The van der Waals surface area contributed by atoms with Crippen LogP contribution in [0, 0.1) is 0 Å². The molecule has 0 atom stereocenters. The average Bonchev–Trinajstić information content (AvgIpc) is 3.53. The van der Waals surface area contributed by atoms with E-state index < -0.39 is 0 Å². The van der Waals surface area contributed by atoms with E-state index in [1.807, 2.05) is 0 Å². The third-order valence-electron chi connectivity index (χ3n) is 12.3. The summed E-state index contributed by atoms with van der Waals surface area (Å²) in [6.45, 7) is 4.76. The molecule has 0 amide bonds. The Balaban J connectivity index is 1.07. The molecule has 1 heterocycles. The number of fused-ring (bicyclic) bond motifs is 5. The number of benzene rings is 9. The summed E-state index contributed by atoms with van der Waals surface area (Å²) in [5.41, 5.74) is 17.3. The molecule has 2 nitrogen and oxygen atoms in total. The lowest BCUT2D eigenvalue weighted by molar-refractivity contribution is 0.663. The van der Waals surface area contributed by atoms with Crippen molar-refractivity contribution in [2.45, 2.75) is 19.3 Å². The van der Waals surface area contributed by atoms with E-state index in [1.165, 1.54) is 60.7 Å². The second kappa shape index (κ2) is 13.9. The number of nitrogens with zero attached hydrogens (tertiary/aromatic N) is 2. The van der Waals surface area contributed by atoms with Gasteiger partial charge in [0, 0.05) is 22.1 Å². The van der Waals surface area contributed by atoms with Crippen LogP contribution in [0.25, 0.3) is 100.0 Å². The molecule has 1 aromatic heterocycles. The second-order valence-electron chi connectivity index (χ2n) is 16.1. The molecule has 0 aliphatic heterocycles. The van der Waals surface area contributed by atoms with Crippen LogP contribution >= 0.6 is 0 Å². The molecule has 59 heavy (non-hydrogen) atoms. The molecule has 11 rings (SSSR count). The Morgan fingerprint density at radius 2 is 0.831 bits per heavy atom. The van der Waals surface area contributed by atoms with E-state index >= 15 is 0 Å². The highest BCUT2D eigenvalue weighted by molar-refractivity contribution is 6.06. The lowest BCUT2D eigenvalue weighted by Gasteiger charge is -2.25. The maximum atomic E-state index is 5.43. The summed E-state index contributed by atoms with van der Waals surface area (Å²) in [5.74, 6) is 0.705. The molecule has 0 saturated carbocycles. The number of hydrogen-bond acceptors (Lipinski definition) is 2. The molecule has 1 aliphatic rings. The molecule has 0 bridgehead atoms. The van der Waals surface area contributed by atoms with Gasteiger partial charge in [-0.05, 0) is 101 Å². The zero-order valence-corrected chi connectivity index (χ0v) is 33.0. The monoisotopic (exact) mass is 752 g/mol. The fraction of sp³-hybridized carbons (Fsp3) is 0.0526. The number of aromatic nitrogens is 2. The van der Waals surface area contributed by atoms with E-state index in [-0.39, 0.29) is 5.41 Å². The lowest BCUT2D eigenvalue weighted by Crippen LogP contribution is -2.16. The van der Waals surface area contributed by atoms with Gasteiger partial charge in [0.05, 0.1) is 11.4 Å². The van der Waals surface area contributed by atoms with Gasteiger partial charge in [0.15, 0.2) is 5.82 Å². The van der Waals surface area contributed by atoms with Crippen LogP contribution in [0.2, 0.25) is 0 Å². The Morgan fingerprint density at radius 3 is 1.56 bits per heavy atom. The van der Waals surface area contributed by atoms with E-state index in [4.69, 9.17) is 9.97 Å². The third-order valence-corrected chi connectivity index (χ3v) is 12.3. The Morgan fingerprint density at radius 1 is 0.322 bits per heavy atom. The fourth-order valence-corrected chi connectivity index (χ4v) is 9.41. The Kier molecular flexibility index (Phi) is 8.20. The van der Waals surface area contributed by atoms with Crippen molar-refractivity contribution in [3.05, 3.63) is 217 Å². The van der Waals surface area contributed by atoms with Gasteiger partial charge in [-0.25, -0.2) is 9.97 Å². The van der Waals surface area contributed by atoms with Gasteiger partial charge in [-0.1, -0.05) is 196 Å². The van der Waals surface area contributed by atoms with Crippen LogP contribution in [0.5, 0.6) is 0 Å². The van der Waals surface area contributed by atoms with Crippen molar-refractivity contribution in [1.82, 2.24) is 9.97 Å². The first-order chi connectivity index (χ1) is 29.0. The average molecular weight is 753 g/mol. The van der Waals surface area contributed by atoms with Gasteiger partial charge in [-0.3, -0.25) is 0 Å². The van der Waals surface area contributed by atoms with Crippen molar-refractivity contribution in [1.29, 1.82) is 0 Å². The van der Waals surface area contributed by atoms with Crippen molar-refractivity contribution in [2.24, 2.45) is 0 Å². The fourth-order valence-electron chi connectivity index (χ4n) is 9.41. The first-order valence-corrected chi connectivity index (χ1v) is 20.4. The highest BCUT2D eigenvalue weighted by Crippen LogP contribution is 2.54. The van der Waals surface area contributed by atoms with Crippen LogP contribution in [0.3, 0.4) is 0 Å². The minimum absolute atomic E-state index is 0.178. The molecular weight excluding hydrogens is 713 g/mol. The van der Waals surface area contributed by atoms with Crippen LogP contribution in [0.1, 0.15) is 25.0 Å². The number of hydrogen-bond donors (Lipinski definition) is 0. The highest BCUT2D eigenvalue weighted by atomic mass is 14.9. The maximum absolute atomic E-state index is 5.43. The van der Waals surface area contributed by atoms with Crippen molar-refractivity contribution < 1.29 is 0 Å². The predicted molar refractivity (Wildman–Crippen MR) is 247 cm³/mol. The summed E-state index contributed by atoms with van der Waals surface area (Å²) in [6, 6.07) is 74.2. The minimum Gasteiger partial charge on any atom is -0.228 e. The summed E-state index contributed by atoms with van der Waals surface area (Å²) < 4.78 is 0. The maximum Gasteiger partial charge on any atom is 0.161 e. The first kappa shape index (κ1) is 34.8. The summed E-state index contributed by atoms with van der Waals surface area (Å²) in [4.78, 5) is 10.7. The first-order valence-electron chi connectivity index (χ1n) is 20.4. The van der Waals surface area contributed by atoms with Crippen molar-refractivity contribution in [3.63, 3.8) is 0 Å². The van der Waals surface area contributed by atoms with E-state index in [0.29, 0.717) is 5.82 Å². The molecule has 0 radical (unpaired) electrons. The summed E-state index contributed by atoms with van der Waals surface area (Å²) >= 11 is 0. The largest absolute Gasteiger partial charge is 0.228 e. The molecule has 2 heteroatoms. The quantitative estimate of drug-likeness (QED) is 0.169. The minimum atomic E-state index is -0.178. The van der Waals surface area contributed by atoms with Gasteiger partial charge < -0.3 is 0 Å². The predicted octanol–water partition coefficient (Wildman–Crippen LogP) is 15.1. The van der Waals surface area contributed by atoms with Crippen molar-refractivity contribution in [3.8, 4) is 78.4 Å². The van der Waals surface area contributed by atoms with Gasteiger partial charge in [-0.2, -0.15) is 0 Å². The van der Waals surface area contributed by atoms with Gasteiger partial charge >= 0.3 is 0 Å². The molecule has 0 N–H and O–H groups in total. The van der Waals surface area contributed by atoms with Crippen LogP contribution in [-0.4, -0.2) is 9.97 Å². The van der Waals surface area contributed by atoms with E-state index in [1.54, 1.807) is 0 Å². The summed E-state index contributed by atoms with van der Waals surface area (Å²) in [7, 11) is 0. The molecule has 0 spiro atoms. The highest BCUT2D eigenvalue weighted by Gasteiger charge is 2.38. The molecule has 0 unspecified atom stereocenters. The molecule has 1 aliphatic carbocycles. The standard InChI is InChI=1S/C57H40N2/c1-57(2)52-35-42-21-10-9-20-41(42)34-51(52)49-27-15-26-48(55(49)57)46-32-33-50(45-24-13-12-23-44(45)46)56-58-53(40-18-7-4-8-19-40)36-54(59-56)47-25-14-11-22-43(47)39-30-28-38(29-31-39)37-16-5-3-6-17-37/h3-36H,1-2H3. The van der Waals surface area contributed by atoms with Crippen LogP contribution in [0.4, 0.5) is 0 Å². The van der Waals surface area contributed by atoms with E-state index in [0.717, 1.165) is 44.6 Å². The van der Waals surface area contributed by atoms with Crippen LogP contribution in [0.15, 0.2) is 206 Å². The van der Waals surface area contributed by atoms with Crippen molar-refractivity contribution in [2.75, 3.05) is 0 Å². The van der Waals surface area contributed by atoms with Crippen molar-refractivity contribution >= 4 is 21.5 Å². The normalized spacial score (nSPS) is 12.7. The molecule has 0 fully saturated rings. The van der Waals surface area contributed by atoms with E-state index in [2.05, 4.69) is 220 Å². The van der Waals surface area contributed by atoms with Gasteiger partial charge in [0.25, 0.3) is 0 Å². The Bertz CT molecular complexity index is 3220. The summed E-state index contributed by atoms with van der Waals surface area (Å²) in [5, 5.41) is 4.87. The van der Waals surface area contributed by atoms with Crippen LogP contribution < -0.4 is 0 Å². The Labute approximate surface area is 345 Å². The van der Waals surface area contributed by atoms with E-state index in [9.17, 15) is 0 Å².